The lowest BCUT2D eigenvalue weighted by molar-refractivity contribution is 0.0963. The second-order valence-electron chi connectivity index (χ2n) is 5.94. The molecule has 0 heterocycles. The number of aromatic hydroxyl groups is 2. The number of carbonyl (C=O) groups is 1. The van der Waals surface area contributed by atoms with Crippen LogP contribution >= 0.6 is 0 Å². The van der Waals surface area contributed by atoms with Crippen LogP contribution in [-0.4, -0.2) is 29.4 Å². The largest absolute Gasteiger partial charge is 0.508 e. The van der Waals surface area contributed by atoms with Gasteiger partial charge in [0.1, 0.15) is 11.5 Å². The third-order valence-electron chi connectivity index (χ3n) is 3.95. The predicted molar refractivity (Wildman–Crippen MR) is 105 cm³/mol. The van der Waals surface area contributed by atoms with Gasteiger partial charge in [-0.2, -0.15) is 0 Å². The third-order valence-corrected chi connectivity index (χ3v) is 3.95. The zero-order valence-electron chi connectivity index (χ0n) is 15.5. The van der Waals surface area contributed by atoms with Crippen molar-refractivity contribution in [2.45, 2.75) is 39.0 Å². The second-order valence-corrected chi connectivity index (χ2v) is 5.94. The summed E-state index contributed by atoms with van der Waals surface area (Å²) in [6.45, 7) is 2.16. The number of phenolic OH excluding ortho intramolecular Hbond substituents is 2. The number of hydrogen-bond donors (Lipinski definition) is 4. The predicted octanol–water partition coefficient (Wildman–Crippen LogP) is 4.26. The summed E-state index contributed by atoms with van der Waals surface area (Å²) in [6.07, 6.45) is 6.47. The molecule has 0 saturated heterocycles. The minimum absolute atomic E-state index is 0.0372. The average molecular weight is 356 g/mol. The highest BCUT2D eigenvalue weighted by Crippen LogP contribution is 2.27. The summed E-state index contributed by atoms with van der Waals surface area (Å²) in [7, 11) is 1.62. The summed E-state index contributed by atoms with van der Waals surface area (Å²) < 4.78 is 0. The van der Waals surface area contributed by atoms with Crippen molar-refractivity contribution in [2.24, 2.45) is 0 Å². The van der Waals surface area contributed by atoms with E-state index in [0.29, 0.717) is 11.1 Å². The molecule has 0 aromatic heterocycles. The van der Waals surface area contributed by atoms with E-state index in [1.807, 2.05) is 18.2 Å². The van der Waals surface area contributed by atoms with Gasteiger partial charge in [-0.15, -0.1) is 0 Å². The molecule has 0 atom stereocenters. The third kappa shape index (κ3) is 6.97. The van der Waals surface area contributed by atoms with Crippen LogP contribution in [0.4, 0.5) is 0 Å². The van der Waals surface area contributed by atoms with Gasteiger partial charge in [0, 0.05) is 30.5 Å². The zero-order valence-corrected chi connectivity index (χ0v) is 15.5. The van der Waals surface area contributed by atoms with Crippen LogP contribution in [0.25, 0.3) is 0 Å². The van der Waals surface area contributed by atoms with Crippen LogP contribution in [-0.2, 0) is 6.42 Å². The Balaban J connectivity index is 0.000000289. The maximum Gasteiger partial charge on any atom is 0.251 e. The van der Waals surface area contributed by atoms with Crippen molar-refractivity contribution >= 4 is 12.1 Å². The topological polar surface area (TPSA) is 93.4 Å². The van der Waals surface area contributed by atoms with E-state index in [-0.39, 0.29) is 17.4 Å². The fraction of sp³-hybridized carbons (Fsp3) is 0.333. The molecule has 0 saturated carbocycles. The quantitative estimate of drug-likeness (QED) is 0.441. The summed E-state index contributed by atoms with van der Waals surface area (Å²) in [5, 5.41) is 28.7. The van der Waals surface area contributed by atoms with Gasteiger partial charge in [0.15, 0.2) is 0 Å². The monoisotopic (exact) mass is 356 g/mol. The van der Waals surface area contributed by atoms with Crippen molar-refractivity contribution in [2.75, 3.05) is 7.05 Å². The van der Waals surface area contributed by atoms with E-state index < -0.39 is 0 Å². The number of hydrogen-bond acceptors (Lipinski definition) is 4. The highest BCUT2D eigenvalue weighted by molar-refractivity contribution is 5.93. The molecule has 26 heavy (non-hydrogen) atoms. The van der Waals surface area contributed by atoms with E-state index in [1.165, 1.54) is 18.9 Å². The molecule has 5 nitrogen and oxygen atoms in total. The molecule has 0 unspecified atom stereocenters. The van der Waals surface area contributed by atoms with Crippen molar-refractivity contribution < 1.29 is 15.0 Å². The molecule has 0 bridgehead atoms. The van der Waals surface area contributed by atoms with Crippen molar-refractivity contribution in [1.82, 2.24) is 5.32 Å². The summed E-state index contributed by atoms with van der Waals surface area (Å²) in [5.41, 5.74) is 1.97. The summed E-state index contributed by atoms with van der Waals surface area (Å²) >= 11 is 0. The highest BCUT2D eigenvalue weighted by Gasteiger charge is 2.06. The fourth-order valence-corrected chi connectivity index (χ4v) is 2.43. The number of aryl methyl sites for hydroxylation is 1. The van der Waals surface area contributed by atoms with E-state index >= 15 is 0 Å². The molecule has 0 aliphatic carbocycles. The standard InChI is InChI=1S/C13H19NO2.C8H9NO/c1-2-3-4-5-6-10-7-11(9-14)13(16)8-12(10)15;1-9-8(10)7-5-3-2-4-6-7/h7-9,14-16H,2-6H2,1H3;2-6H,1H3,(H,9,10). The summed E-state index contributed by atoms with van der Waals surface area (Å²) in [4.78, 5) is 10.9. The number of unbranched alkanes of at least 4 members (excludes halogenated alkanes) is 3. The van der Waals surface area contributed by atoms with Crippen molar-refractivity contribution in [3.63, 3.8) is 0 Å². The minimum atomic E-state index is -0.0411. The van der Waals surface area contributed by atoms with Crippen molar-refractivity contribution in [3.8, 4) is 11.5 Å². The molecular weight excluding hydrogens is 328 g/mol. The normalized spacial score (nSPS) is 9.77. The maximum absolute atomic E-state index is 10.9. The lowest BCUT2D eigenvalue weighted by Gasteiger charge is -2.07. The Kier molecular flexibility index (Phi) is 9.54. The average Bonchev–Trinajstić information content (AvgIpc) is 2.67. The van der Waals surface area contributed by atoms with E-state index in [9.17, 15) is 15.0 Å². The van der Waals surface area contributed by atoms with Gasteiger partial charge in [-0.05, 0) is 36.6 Å². The first kappa shape index (κ1) is 21.2. The van der Waals surface area contributed by atoms with Crippen LogP contribution in [0.2, 0.25) is 0 Å². The SMILES string of the molecule is CCCCCCc1cc(C=N)c(O)cc1O.CNC(=O)c1ccccc1. The maximum atomic E-state index is 10.9. The Morgan fingerprint density at radius 1 is 1.08 bits per heavy atom. The number of benzene rings is 2. The first-order valence-corrected chi connectivity index (χ1v) is 8.85. The number of carbonyl (C=O) groups excluding carboxylic acids is 1. The van der Waals surface area contributed by atoms with Crippen LogP contribution in [0.1, 0.15) is 54.1 Å². The first-order chi connectivity index (χ1) is 12.5. The Morgan fingerprint density at radius 2 is 1.77 bits per heavy atom. The molecular formula is C21H28N2O3. The fourth-order valence-electron chi connectivity index (χ4n) is 2.43. The van der Waals surface area contributed by atoms with Gasteiger partial charge in [-0.25, -0.2) is 0 Å². The van der Waals surface area contributed by atoms with E-state index in [2.05, 4.69) is 12.2 Å². The zero-order chi connectivity index (χ0) is 19.4. The Labute approximate surface area is 155 Å². The molecule has 0 aliphatic heterocycles. The van der Waals surface area contributed by atoms with Crippen LogP contribution in [0.3, 0.4) is 0 Å². The van der Waals surface area contributed by atoms with Gasteiger partial charge in [-0.1, -0.05) is 44.4 Å². The molecule has 0 radical (unpaired) electrons. The highest BCUT2D eigenvalue weighted by atomic mass is 16.3. The minimum Gasteiger partial charge on any atom is -0.508 e. The molecule has 5 heteroatoms. The molecule has 4 N–H and O–H groups in total. The van der Waals surface area contributed by atoms with Crippen molar-refractivity contribution in [3.05, 3.63) is 59.2 Å². The number of nitrogens with one attached hydrogen (secondary N) is 2. The van der Waals surface area contributed by atoms with E-state index in [1.54, 1.807) is 25.2 Å². The Morgan fingerprint density at radius 3 is 2.35 bits per heavy atom. The van der Waals surface area contributed by atoms with Gasteiger partial charge in [0.05, 0.1) is 0 Å². The molecule has 140 valence electrons. The molecule has 0 fully saturated rings. The molecule has 1 amide bonds. The van der Waals surface area contributed by atoms with Gasteiger partial charge in [0.25, 0.3) is 5.91 Å². The van der Waals surface area contributed by atoms with Crippen LogP contribution in [0.15, 0.2) is 42.5 Å². The van der Waals surface area contributed by atoms with Gasteiger partial charge in [-0.3, -0.25) is 4.79 Å². The van der Waals surface area contributed by atoms with Gasteiger partial charge in [0.2, 0.25) is 0 Å². The number of rotatable bonds is 7. The summed E-state index contributed by atoms with van der Waals surface area (Å²) in [6, 6.07) is 12.1. The molecule has 2 aromatic rings. The lowest BCUT2D eigenvalue weighted by Crippen LogP contribution is -2.17. The van der Waals surface area contributed by atoms with Crippen molar-refractivity contribution in [1.29, 1.82) is 5.41 Å². The van der Waals surface area contributed by atoms with Crippen LogP contribution in [0, 0.1) is 5.41 Å². The van der Waals surface area contributed by atoms with Crippen LogP contribution < -0.4 is 5.32 Å². The lowest BCUT2D eigenvalue weighted by atomic mass is 10.0. The van der Waals surface area contributed by atoms with E-state index in [4.69, 9.17) is 5.41 Å². The number of amides is 1. The van der Waals surface area contributed by atoms with Gasteiger partial charge < -0.3 is 20.9 Å². The second kappa shape index (κ2) is 11.7. The Bertz CT molecular complexity index is 700. The smallest absolute Gasteiger partial charge is 0.251 e. The summed E-state index contributed by atoms with van der Waals surface area (Å²) in [5.74, 6) is 0.0463. The first-order valence-electron chi connectivity index (χ1n) is 8.85. The molecule has 0 spiro atoms. The van der Waals surface area contributed by atoms with Crippen LogP contribution in [0.5, 0.6) is 11.5 Å². The van der Waals surface area contributed by atoms with E-state index in [0.717, 1.165) is 31.0 Å². The number of phenols is 2. The van der Waals surface area contributed by atoms with Gasteiger partial charge >= 0.3 is 0 Å². The molecule has 2 aromatic carbocycles. The Hall–Kier alpha value is -2.82. The molecule has 2 rings (SSSR count). The molecule has 0 aliphatic rings.